The van der Waals surface area contributed by atoms with Gasteiger partial charge in [0, 0.05) is 5.56 Å². The van der Waals surface area contributed by atoms with Gasteiger partial charge in [-0.3, -0.25) is 0 Å². The molecule has 0 unspecified atom stereocenters. The van der Waals surface area contributed by atoms with Crippen molar-refractivity contribution >= 4 is 17.3 Å². The van der Waals surface area contributed by atoms with Crippen LogP contribution in [0.15, 0.2) is 24.3 Å². The summed E-state index contributed by atoms with van der Waals surface area (Å²) < 4.78 is 38.7. The lowest BCUT2D eigenvalue weighted by Crippen LogP contribution is -2.11. The molecule has 0 aliphatic heterocycles. The number of nitrogens with zero attached hydrogens (tertiary/aromatic N) is 1. The molecule has 3 nitrogen and oxygen atoms in total. The molecule has 1 saturated carbocycles. The Morgan fingerprint density at radius 3 is 2.48 bits per heavy atom. The second kappa shape index (κ2) is 4.84. The van der Waals surface area contributed by atoms with Crippen molar-refractivity contribution < 1.29 is 23.1 Å². The maximum absolute atomic E-state index is 12.9. The molecular formula is C14H10F3NO2S. The lowest BCUT2D eigenvalue weighted by Gasteiger charge is -2.05. The van der Waals surface area contributed by atoms with Crippen LogP contribution in [0.2, 0.25) is 0 Å². The summed E-state index contributed by atoms with van der Waals surface area (Å²) in [4.78, 5) is 13.8. The van der Waals surface area contributed by atoms with E-state index in [0.717, 1.165) is 18.4 Å². The molecule has 1 aliphatic rings. The van der Waals surface area contributed by atoms with Crippen molar-refractivity contribution in [3.05, 3.63) is 40.4 Å². The van der Waals surface area contributed by atoms with Gasteiger partial charge in [-0.1, -0.05) is 24.3 Å². The summed E-state index contributed by atoms with van der Waals surface area (Å²) >= 11 is 0.576. The lowest BCUT2D eigenvalue weighted by atomic mass is 10.0. The quantitative estimate of drug-likeness (QED) is 0.913. The molecule has 1 heterocycles. The second-order valence-electron chi connectivity index (χ2n) is 4.86. The first kappa shape index (κ1) is 14.1. The molecule has 1 aromatic carbocycles. The normalized spacial score (nSPS) is 15.2. The molecule has 0 saturated heterocycles. The summed E-state index contributed by atoms with van der Waals surface area (Å²) in [7, 11) is 0. The van der Waals surface area contributed by atoms with Crippen molar-refractivity contribution in [3.8, 4) is 10.6 Å². The monoisotopic (exact) mass is 313 g/mol. The number of carbonyl (C=O) groups is 1. The predicted octanol–water partition coefficient (Wildman–Crippen LogP) is 4.40. The molecule has 0 atom stereocenters. The Kier molecular flexibility index (Phi) is 3.24. The molecule has 110 valence electrons. The van der Waals surface area contributed by atoms with E-state index < -0.39 is 22.7 Å². The van der Waals surface area contributed by atoms with Gasteiger partial charge in [0.15, 0.2) is 5.69 Å². The van der Waals surface area contributed by atoms with Crippen LogP contribution in [-0.4, -0.2) is 16.1 Å². The number of carboxylic acid groups (broad SMARTS) is 1. The molecule has 1 fully saturated rings. The van der Waals surface area contributed by atoms with E-state index in [1.165, 1.54) is 0 Å². The molecule has 0 spiro atoms. The van der Waals surface area contributed by atoms with Gasteiger partial charge >= 0.3 is 12.1 Å². The summed E-state index contributed by atoms with van der Waals surface area (Å²) in [6, 6.07) is 7.10. The largest absolute Gasteiger partial charge is 0.477 e. The van der Waals surface area contributed by atoms with Crippen molar-refractivity contribution in [2.24, 2.45) is 0 Å². The standard InChI is InChI=1S/C14H10F3NO2S/c15-14(16,17)11-10(13(19)20)21-12(18-11)9-4-2-1-3-8(9)7-5-6-7/h1-4,7H,5-6H2,(H,19,20). The fraction of sp³-hybridized carbons (Fsp3) is 0.286. The van der Waals surface area contributed by atoms with Gasteiger partial charge in [-0.2, -0.15) is 13.2 Å². The summed E-state index contributed by atoms with van der Waals surface area (Å²) in [6.07, 6.45) is -2.77. The molecule has 1 aromatic heterocycles. The summed E-state index contributed by atoms with van der Waals surface area (Å²) in [6.45, 7) is 0. The number of halogens is 3. The maximum Gasteiger partial charge on any atom is 0.435 e. The third-order valence-corrected chi connectivity index (χ3v) is 4.37. The Morgan fingerprint density at radius 1 is 1.29 bits per heavy atom. The first-order valence-corrected chi connectivity index (χ1v) is 7.10. The van der Waals surface area contributed by atoms with Crippen LogP contribution < -0.4 is 0 Å². The lowest BCUT2D eigenvalue weighted by molar-refractivity contribution is -0.141. The van der Waals surface area contributed by atoms with Gasteiger partial charge in [-0.05, 0) is 24.3 Å². The van der Waals surface area contributed by atoms with Crippen LogP contribution in [0.3, 0.4) is 0 Å². The van der Waals surface area contributed by atoms with Crippen LogP contribution in [-0.2, 0) is 6.18 Å². The molecule has 21 heavy (non-hydrogen) atoms. The molecule has 3 rings (SSSR count). The maximum atomic E-state index is 12.9. The van der Waals surface area contributed by atoms with Gasteiger partial charge in [-0.25, -0.2) is 9.78 Å². The summed E-state index contributed by atoms with van der Waals surface area (Å²) in [5.41, 5.74) is 0.223. The van der Waals surface area contributed by atoms with Crippen molar-refractivity contribution in [1.82, 2.24) is 4.98 Å². The molecule has 2 aromatic rings. The van der Waals surface area contributed by atoms with Crippen LogP contribution >= 0.6 is 11.3 Å². The minimum Gasteiger partial charge on any atom is -0.477 e. The van der Waals surface area contributed by atoms with Crippen molar-refractivity contribution in [3.63, 3.8) is 0 Å². The van der Waals surface area contributed by atoms with E-state index in [1.807, 2.05) is 12.1 Å². The number of hydrogen-bond acceptors (Lipinski definition) is 3. The average molecular weight is 313 g/mol. The third kappa shape index (κ3) is 2.65. The van der Waals surface area contributed by atoms with Gasteiger partial charge in [0.2, 0.25) is 0 Å². The van der Waals surface area contributed by atoms with Crippen molar-refractivity contribution in [1.29, 1.82) is 0 Å². The van der Waals surface area contributed by atoms with Gasteiger partial charge in [0.05, 0.1) is 0 Å². The van der Waals surface area contributed by atoms with Gasteiger partial charge < -0.3 is 5.11 Å². The Bertz CT molecular complexity index is 704. The number of aromatic carboxylic acids is 1. The molecule has 1 aliphatic carbocycles. The van der Waals surface area contributed by atoms with E-state index in [9.17, 15) is 18.0 Å². The molecule has 0 bridgehead atoms. The Labute approximate surface area is 122 Å². The van der Waals surface area contributed by atoms with E-state index in [4.69, 9.17) is 5.11 Å². The molecule has 0 radical (unpaired) electrons. The Balaban J connectivity index is 2.14. The van der Waals surface area contributed by atoms with Crippen LogP contribution in [0, 0.1) is 0 Å². The molecular weight excluding hydrogens is 303 g/mol. The van der Waals surface area contributed by atoms with Gasteiger partial charge in [0.25, 0.3) is 0 Å². The van der Waals surface area contributed by atoms with E-state index in [2.05, 4.69) is 4.98 Å². The molecule has 1 N–H and O–H groups in total. The fourth-order valence-corrected chi connectivity index (χ4v) is 3.19. The van der Waals surface area contributed by atoms with Crippen LogP contribution in [0.5, 0.6) is 0 Å². The number of thiazole rings is 1. The minimum atomic E-state index is -4.77. The number of carboxylic acids is 1. The van der Waals surface area contributed by atoms with E-state index in [-0.39, 0.29) is 5.01 Å². The first-order valence-electron chi connectivity index (χ1n) is 6.28. The van der Waals surface area contributed by atoms with E-state index >= 15 is 0 Å². The Hall–Kier alpha value is -1.89. The molecule has 7 heteroatoms. The number of hydrogen-bond donors (Lipinski definition) is 1. The van der Waals surface area contributed by atoms with Crippen molar-refractivity contribution in [2.45, 2.75) is 24.9 Å². The topological polar surface area (TPSA) is 50.2 Å². The highest BCUT2D eigenvalue weighted by molar-refractivity contribution is 7.17. The zero-order valence-corrected chi connectivity index (χ0v) is 11.5. The highest BCUT2D eigenvalue weighted by Crippen LogP contribution is 2.46. The molecule has 0 amide bonds. The zero-order valence-electron chi connectivity index (χ0n) is 10.6. The second-order valence-corrected chi connectivity index (χ2v) is 5.86. The Morgan fingerprint density at radius 2 is 1.95 bits per heavy atom. The first-order chi connectivity index (χ1) is 9.88. The fourth-order valence-electron chi connectivity index (χ4n) is 2.21. The van der Waals surface area contributed by atoms with E-state index in [0.29, 0.717) is 22.8 Å². The van der Waals surface area contributed by atoms with Crippen LogP contribution in [0.4, 0.5) is 13.2 Å². The van der Waals surface area contributed by atoms with Gasteiger partial charge in [-0.15, -0.1) is 11.3 Å². The predicted molar refractivity (Wildman–Crippen MR) is 71.5 cm³/mol. The number of aromatic nitrogens is 1. The highest BCUT2D eigenvalue weighted by Gasteiger charge is 2.40. The minimum absolute atomic E-state index is 0.113. The number of alkyl halides is 3. The van der Waals surface area contributed by atoms with E-state index in [1.54, 1.807) is 12.1 Å². The third-order valence-electron chi connectivity index (χ3n) is 3.30. The van der Waals surface area contributed by atoms with Crippen LogP contribution in [0.25, 0.3) is 10.6 Å². The number of rotatable bonds is 3. The average Bonchev–Trinajstić information content (AvgIpc) is 3.15. The number of benzene rings is 1. The SMILES string of the molecule is O=C(O)c1sc(-c2ccccc2C2CC2)nc1C(F)(F)F. The summed E-state index contributed by atoms with van der Waals surface area (Å²) in [5, 5.41) is 9.06. The smallest absolute Gasteiger partial charge is 0.435 e. The van der Waals surface area contributed by atoms with Crippen molar-refractivity contribution in [2.75, 3.05) is 0 Å². The highest BCUT2D eigenvalue weighted by atomic mass is 32.1. The van der Waals surface area contributed by atoms with Gasteiger partial charge in [0.1, 0.15) is 9.88 Å². The zero-order chi connectivity index (χ0) is 15.2. The summed E-state index contributed by atoms with van der Waals surface area (Å²) in [5.74, 6) is -1.26. The van der Waals surface area contributed by atoms with Crippen LogP contribution in [0.1, 0.15) is 39.7 Å².